The Morgan fingerprint density at radius 2 is 1.38 bits per heavy atom. The van der Waals surface area contributed by atoms with Crippen molar-refractivity contribution in [3.8, 4) is 0 Å². The standard InChI is InChI=1S/C28H53NO3Si2/c1-19(29-30-4)22-11-12-23-21-18-26(32-34(8,9)10)25-17-20(31-33(5,6)7)13-15-28(25,3)24(21)14-16-27(22,23)2/h20-26H,11-18H2,1-10H3/b29-19-/t20-,21+,22-,23+,24+,25+,26+,27-,28-/m1/s1. The van der Waals surface area contributed by atoms with E-state index in [1.807, 2.05) is 0 Å². The van der Waals surface area contributed by atoms with Crippen molar-refractivity contribution in [2.24, 2.45) is 45.6 Å². The number of hydrogen-bond donors (Lipinski definition) is 0. The summed E-state index contributed by atoms with van der Waals surface area (Å²) in [5, 5.41) is 4.41. The van der Waals surface area contributed by atoms with Gasteiger partial charge in [0.25, 0.3) is 0 Å². The molecule has 4 aliphatic carbocycles. The molecule has 4 rings (SSSR count). The van der Waals surface area contributed by atoms with Crippen LogP contribution in [0.1, 0.15) is 72.1 Å². The van der Waals surface area contributed by atoms with Gasteiger partial charge in [-0.2, -0.15) is 0 Å². The smallest absolute Gasteiger partial charge is 0.184 e. The highest BCUT2D eigenvalue weighted by Gasteiger charge is 2.63. The van der Waals surface area contributed by atoms with E-state index in [1.54, 1.807) is 7.11 Å². The van der Waals surface area contributed by atoms with E-state index < -0.39 is 16.6 Å². The molecule has 34 heavy (non-hydrogen) atoms. The third-order valence-electron chi connectivity index (χ3n) is 10.4. The predicted molar refractivity (Wildman–Crippen MR) is 147 cm³/mol. The van der Waals surface area contributed by atoms with Gasteiger partial charge in [0.1, 0.15) is 7.11 Å². The zero-order chi connectivity index (χ0) is 25.1. The maximum absolute atomic E-state index is 7.09. The molecule has 0 spiro atoms. The first kappa shape index (κ1) is 26.9. The van der Waals surface area contributed by atoms with Crippen LogP contribution in [-0.2, 0) is 13.7 Å². The first-order valence-corrected chi connectivity index (χ1v) is 20.9. The van der Waals surface area contributed by atoms with Crippen LogP contribution in [0, 0.1) is 40.4 Å². The number of nitrogens with zero attached hydrogens (tertiary/aromatic N) is 1. The highest BCUT2D eigenvalue weighted by molar-refractivity contribution is 6.70. The lowest BCUT2D eigenvalue weighted by molar-refractivity contribution is -0.163. The number of fused-ring (bicyclic) bond motifs is 5. The van der Waals surface area contributed by atoms with Gasteiger partial charge in [0.15, 0.2) is 16.6 Å². The lowest BCUT2D eigenvalue weighted by Crippen LogP contribution is -2.60. The van der Waals surface area contributed by atoms with Gasteiger partial charge in [-0.25, -0.2) is 0 Å². The molecular formula is C28H53NO3Si2. The number of oxime groups is 1. The van der Waals surface area contributed by atoms with Crippen LogP contribution < -0.4 is 0 Å². The topological polar surface area (TPSA) is 40.0 Å². The van der Waals surface area contributed by atoms with Crippen molar-refractivity contribution >= 4 is 22.3 Å². The number of rotatable bonds is 6. The van der Waals surface area contributed by atoms with Crippen molar-refractivity contribution in [2.75, 3.05) is 7.11 Å². The summed E-state index contributed by atoms with van der Waals surface area (Å²) in [6, 6.07) is 0. The first-order valence-electron chi connectivity index (χ1n) is 14.1. The third-order valence-corrected chi connectivity index (χ3v) is 12.4. The minimum absolute atomic E-state index is 0.359. The molecule has 0 aromatic heterocycles. The van der Waals surface area contributed by atoms with Gasteiger partial charge in [0, 0.05) is 18.1 Å². The van der Waals surface area contributed by atoms with Crippen molar-refractivity contribution in [2.45, 2.75) is 124 Å². The summed E-state index contributed by atoms with van der Waals surface area (Å²) in [7, 11) is -1.48. The van der Waals surface area contributed by atoms with E-state index in [0.29, 0.717) is 34.9 Å². The predicted octanol–water partition coefficient (Wildman–Crippen LogP) is 7.72. The fraction of sp³-hybridized carbons (Fsp3) is 0.964. The SMILES string of the molecule is CO/N=C(/C)[C@H]1CC[C@H]2[C@@H]3C[C@H](O[Si](C)(C)C)[C@@H]4C[C@H](O[Si](C)(C)C)CC[C@]4(C)[C@H]3CC[C@]12C. The molecule has 0 aromatic rings. The second kappa shape index (κ2) is 9.29. The Morgan fingerprint density at radius 1 is 0.765 bits per heavy atom. The number of hydrogen-bond acceptors (Lipinski definition) is 4. The molecule has 4 aliphatic rings. The van der Waals surface area contributed by atoms with Crippen LogP contribution in [0.3, 0.4) is 0 Å². The van der Waals surface area contributed by atoms with Crippen LogP contribution in [0.4, 0.5) is 0 Å². The molecule has 0 aromatic carbocycles. The van der Waals surface area contributed by atoms with Gasteiger partial charge in [0.2, 0.25) is 0 Å². The molecule has 0 aliphatic heterocycles. The van der Waals surface area contributed by atoms with Crippen LogP contribution >= 0.6 is 0 Å². The normalized spacial score (nSPS) is 45.4. The molecule has 4 fully saturated rings. The molecule has 0 N–H and O–H groups in total. The lowest BCUT2D eigenvalue weighted by Gasteiger charge is -2.63. The van der Waals surface area contributed by atoms with Crippen LogP contribution in [0.2, 0.25) is 39.3 Å². The first-order chi connectivity index (χ1) is 15.7. The van der Waals surface area contributed by atoms with Crippen LogP contribution in [-0.4, -0.2) is 41.7 Å². The van der Waals surface area contributed by atoms with Crippen molar-refractivity contribution in [1.82, 2.24) is 0 Å². The summed E-state index contributed by atoms with van der Waals surface area (Å²) in [5.74, 6) is 3.63. The summed E-state index contributed by atoms with van der Waals surface area (Å²) in [4.78, 5) is 5.21. The summed E-state index contributed by atoms with van der Waals surface area (Å²) in [6.45, 7) is 21.6. The lowest BCUT2D eigenvalue weighted by atomic mass is 9.44. The largest absolute Gasteiger partial charge is 0.415 e. The molecule has 0 unspecified atom stereocenters. The molecule has 0 amide bonds. The molecule has 4 saturated carbocycles. The van der Waals surface area contributed by atoms with E-state index in [4.69, 9.17) is 13.7 Å². The van der Waals surface area contributed by atoms with Crippen LogP contribution in [0.15, 0.2) is 5.16 Å². The van der Waals surface area contributed by atoms with Gasteiger partial charge in [-0.15, -0.1) is 0 Å². The third kappa shape index (κ3) is 4.99. The Hall–Kier alpha value is -0.176. The zero-order valence-corrected chi connectivity index (χ0v) is 25.9. The molecule has 0 saturated heterocycles. The maximum Gasteiger partial charge on any atom is 0.184 e. The summed E-state index contributed by atoms with van der Waals surface area (Å²) < 4.78 is 13.8. The second-order valence-electron chi connectivity index (χ2n) is 14.7. The Balaban J connectivity index is 1.64. The minimum atomic E-state index is -1.64. The molecule has 0 heterocycles. The van der Waals surface area contributed by atoms with E-state index in [2.05, 4.69) is 65.2 Å². The highest BCUT2D eigenvalue weighted by atomic mass is 28.4. The Bertz CT molecular complexity index is 775. The molecule has 0 bridgehead atoms. The van der Waals surface area contributed by atoms with E-state index in [1.165, 1.54) is 57.1 Å². The molecule has 196 valence electrons. The van der Waals surface area contributed by atoms with E-state index in [-0.39, 0.29) is 0 Å². The fourth-order valence-corrected chi connectivity index (χ4v) is 11.7. The monoisotopic (exact) mass is 507 g/mol. The van der Waals surface area contributed by atoms with Crippen molar-refractivity contribution in [3.05, 3.63) is 0 Å². The second-order valence-corrected chi connectivity index (χ2v) is 23.6. The van der Waals surface area contributed by atoms with Crippen molar-refractivity contribution < 1.29 is 13.7 Å². The minimum Gasteiger partial charge on any atom is -0.415 e. The van der Waals surface area contributed by atoms with Gasteiger partial charge in [0.05, 0.1) is 5.71 Å². The average molecular weight is 508 g/mol. The summed E-state index contributed by atoms with van der Waals surface area (Å²) in [6.07, 6.45) is 11.2. The molecular weight excluding hydrogens is 454 g/mol. The quantitative estimate of drug-likeness (QED) is 0.210. The Labute approximate surface area is 212 Å². The van der Waals surface area contributed by atoms with E-state index in [9.17, 15) is 0 Å². The molecule has 9 atom stereocenters. The van der Waals surface area contributed by atoms with Gasteiger partial charge < -0.3 is 13.7 Å². The molecule has 0 radical (unpaired) electrons. The van der Waals surface area contributed by atoms with Gasteiger partial charge in [-0.1, -0.05) is 19.0 Å². The van der Waals surface area contributed by atoms with Crippen LogP contribution in [0.25, 0.3) is 0 Å². The summed E-state index contributed by atoms with van der Waals surface area (Å²) in [5.41, 5.74) is 1.96. The molecule has 6 heteroatoms. The van der Waals surface area contributed by atoms with Gasteiger partial charge in [-0.3, -0.25) is 0 Å². The zero-order valence-electron chi connectivity index (χ0n) is 23.9. The van der Waals surface area contributed by atoms with E-state index >= 15 is 0 Å². The van der Waals surface area contributed by atoms with Crippen molar-refractivity contribution in [3.63, 3.8) is 0 Å². The fourth-order valence-electron chi connectivity index (χ4n) is 9.32. The Morgan fingerprint density at radius 3 is 2.00 bits per heavy atom. The van der Waals surface area contributed by atoms with Crippen molar-refractivity contribution in [1.29, 1.82) is 0 Å². The summed E-state index contributed by atoms with van der Waals surface area (Å²) >= 11 is 0. The molecule has 4 nitrogen and oxygen atoms in total. The van der Waals surface area contributed by atoms with E-state index in [0.717, 1.165) is 17.8 Å². The average Bonchev–Trinajstić information content (AvgIpc) is 3.04. The van der Waals surface area contributed by atoms with Gasteiger partial charge in [-0.05, 0) is 132 Å². The highest BCUT2D eigenvalue weighted by Crippen LogP contribution is 2.68. The Kier molecular flexibility index (Phi) is 7.34. The maximum atomic E-state index is 7.09. The van der Waals surface area contributed by atoms with Crippen LogP contribution in [0.5, 0.6) is 0 Å². The van der Waals surface area contributed by atoms with Gasteiger partial charge >= 0.3 is 0 Å².